The first-order chi connectivity index (χ1) is 17.7. The molecule has 0 bridgehead atoms. The first kappa shape index (κ1) is 25.6. The summed E-state index contributed by atoms with van der Waals surface area (Å²) in [5.74, 6) is -0.417. The molecule has 0 spiro atoms. The van der Waals surface area contributed by atoms with E-state index in [0.717, 1.165) is 37.4 Å². The van der Waals surface area contributed by atoms with Gasteiger partial charge in [0, 0.05) is 59.5 Å². The Morgan fingerprint density at radius 2 is 1.73 bits per heavy atom. The van der Waals surface area contributed by atoms with Crippen molar-refractivity contribution < 1.29 is 18.4 Å². The lowest BCUT2D eigenvalue weighted by molar-refractivity contribution is -0.140. The maximum absolute atomic E-state index is 13.7. The van der Waals surface area contributed by atoms with Crippen LogP contribution in [0.15, 0.2) is 48.1 Å². The number of carbonyl (C=O) groups excluding carboxylic acids is 2. The van der Waals surface area contributed by atoms with Crippen molar-refractivity contribution in [1.82, 2.24) is 14.9 Å². The van der Waals surface area contributed by atoms with Crippen molar-refractivity contribution in [1.29, 1.82) is 0 Å². The SMILES string of the molecule is CC(C)(C(=O)C1CCC1Cc1ccc(-c2cc(F)cc(F)c2)cn1)C1CCN(C(=O)c2nccs2)CC1. The number of carbonyl (C=O) groups is 2. The van der Waals surface area contributed by atoms with Crippen LogP contribution < -0.4 is 0 Å². The smallest absolute Gasteiger partial charge is 0.282 e. The molecular weight excluding hydrogens is 492 g/mol. The molecule has 2 atom stereocenters. The molecule has 194 valence electrons. The molecule has 0 radical (unpaired) electrons. The molecule has 1 aliphatic carbocycles. The number of benzene rings is 1. The summed E-state index contributed by atoms with van der Waals surface area (Å²) in [6, 6.07) is 7.16. The number of aromatic nitrogens is 2. The van der Waals surface area contributed by atoms with Crippen LogP contribution in [0.4, 0.5) is 8.78 Å². The summed E-state index contributed by atoms with van der Waals surface area (Å²) in [5, 5.41) is 2.34. The molecule has 3 aromatic rings. The van der Waals surface area contributed by atoms with E-state index in [2.05, 4.69) is 23.8 Å². The zero-order chi connectivity index (χ0) is 26.2. The van der Waals surface area contributed by atoms with Crippen molar-refractivity contribution in [3.05, 3.63) is 70.4 Å². The number of piperidine rings is 1. The molecule has 2 unspecified atom stereocenters. The van der Waals surface area contributed by atoms with E-state index < -0.39 is 17.0 Å². The van der Waals surface area contributed by atoms with Crippen molar-refractivity contribution in [2.75, 3.05) is 13.1 Å². The van der Waals surface area contributed by atoms with E-state index in [4.69, 9.17) is 0 Å². The van der Waals surface area contributed by atoms with Crippen molar-refractivity contribution in [2.24, 2.45) is 23.2 Å². The molecule has 37 heavy (non-hydrogen) atoms. The number of amides is 1. The van der Waals surface area contributed by atoms with E-state index in [9.17, 15) is 18.4 Å². The normalized spacial score (nSPS) is 20.5. The summed E-state index contributed by atoms with van der Waals surface area (Å²) >= 11 is 1.36. The number of thiazole rings is 1. The standard InChI is InChI=1S/C29H31F2N3O2S/c1-29(2,21-7-10-34(11-8-21)28(36)27-32-9-12-37-27)26(35)25-6-4-18(25)15-24-5-3-19(17-33-24)20-13-22(30)16-23(31)14-20/h3,5,9,12-14,16-18,21,25H,4,6-8,10-11,15H2,1-2H3. The first-order valence-electron chi connectivity index (χ1n) is 12.9. The fourth-order valence-corrected chi connectivity index (χ4v) is 6.41. The number of likely N-dealkylation sites (tertiary alicyclic amines) is 1. The molecule has 2 aliphatic rings. The van der Waals surface area contributed by atoms with E-state index in [1.54, 1.807) is 12.4 Å². The zero-order valence-corrected chi connectivity index (χ0v) is 21.9. The number of Topliss-reactive ketones (excluding diaryl/α,β-unsaturated/α-hetero) is 1. The molecular formula is C29H31F2N3O2S. The lowest BCUT2D eigenvalue weighted by Gasteiger charge is -2.45. The van der Waals surface area contributed by atoms with Crippen LogP contribution in [0, 0.1) is 34.8 Å². The number of ketones is 1. The van der Waals surface area contributed by atoms with Crippen molar-refractivity contribution in [3.63, 3.8) is 0 Å². The van der Waals surface area contributed by atoms with Gasteiger partial charge in [-0.3, -0.25) is 14.6 Å². The zero-order valence-electron chi connectivity index (χ0n) is 21.1. The van der Waals surface area contributed by atoms with Gasteiger partial charge in [0.15, 0.2) is 5.01 Å². The van der Waals surface area contributed by atoms with Crippen LogP contribution in [0.3, 0.4) is 0 Å². The molecule has 1 aliphatic heterocycles. The maximum atomic E-state index is 13.7. The van der Waals surface area contributed by atoms with Gasteiger partial charge in [-0.25, -0.2) is 13.8 Å². The largest absolute Gasteiger partial charge is 0.337 e. The summed E-state index contributed by atoms with van der Waals surface area (Å²) in [6.07, 6.45) is 7.53. The Bertz CT molecular complexity index is 1250. The van der Waals surface area contributed by atoms with Gasteiger partial charge >= 0.3 is 0 Å². The average Bonchev–Trinajstić information content (AvgIpc) is 3.41. The number of hydrogen-bond acceptors (Lipinski definition) is 5. The summed E-state index contributed by atoms with van der Waals surface area (Å²) in [5.41, 5.74) is 1.55. The van der Waals surface area contributed by atoms with E-state index in [1.165, 1.54) is 23.5 Å². The Morgan fingerprint density at radius 1 is 1.00 bits per heavy atom. The van der Waals surface area contributed by atoms with Gasteiger partial charge in [0.2, 0.25) is 0 Å². The Morgan fingerprint density at radius 3 is 2.30 bits per heavy atom. The fourth-order valence-electron chi connectivity index (χ4n) is 5.81. The Balaban J connectivity index is 1.18. The minimum atomic E-state index is -0.616. The third-order valence-corrected chi connectivity index (χ3v) is 9.06. The second-order valence-corrected chi connectivity index (χ2v) is 11.7. The molecule has 2 aromatic heterocycles. The van der Waals surface area contributed by atoms with Crippen LogP contribution in [-0.4, -0.2) is 39.6 Å². The Kier molecular flexibility index (Phi) is 7.21. The number of hydrogen-bond donors (Lipinski definition) is 0. The van der Waals surface area contributed by atoms with E-state index in [1.807, 2.05) is 22.4 Å². The minimum Gasteiger partial charge on any atom is -0.337 e. The van der Waals surface area contributed by atoms with Gasteiger partial charge < -0.3 is 4.90 Å². The van der Waals surface area contributed by atoms with Crippen LogP contribution >= 0.6 is 11.3 Å². The molecule has 2 fully saturated rings. The first-order valence-corrected chi connectivity index (χ1v) is 13.7. The van der Waals surface area contributed by atoms with Crippen molar-refractivity contribution in [3.8, 4) is 11.1 Å². The van der Waals surface area contributed by atoms with Crippen LogP contribution in [0.1, 0.15) is 55.0 Å². The summed E-state index contributed by atoms with van der Waals surface area (Å²) in [7, 11) is 0. The Labute approximate surface area is 220 Å². The molecule has 5 rings (SSSR count). The van der Waals surface area contributed by atoms with Crippen LogP contribution in [0.25, 0.3) is 11.1 Å². The lowest BCUT2D eigenvalue weighted by Crippen LogP contribution is -2.48. The highest BCUT2D eigenvalue weighted by Crippen LogP contribution is 2.46. The average molecular weight is 524 g/mol. The molecule has 3 heterocycles. The van der Waals surface area contributed by atoms with Gasteiger partial charge in [0.05, 0.1) is 0 Å². The van der Waals surface area contributed by atoms with Crippen LogP contribution in [0.5, 0.6) is 0 Å². The Hall–Kier alpha value is -3.00. The summed E-state index contributed by atoms with van der Waals surface area (Å²) in [6.45, 7) is 5.44. The number of pyridine rings is 1. The van der Waals surface area contributed by atoms with Gasteiger partial charge in [0.25, 0.3) is 5.91 Å². The van der Waals surface area contributed by atoms with Gasteiger partial charge in [0.1, 0.15) is 17.4 Å². The highest BCUT2D eigenvalue weighted by atomic mass is 32.1. The molecule has 1 aromatic carbocycles. The number of rotatable bonds is 7. The topological polar surface area (TPSA) is 63.2 Å². The highest BCUT2D eigenvalue weighted by molar-refractivity contribution is 7.11. The predicted octanol–water partition coefficient (Wildman–Crippen LogP) is 6.20. The minimum absolute atomic E-state index is 0.0160. The maximum Gasteiger partial charge on any atom is 0.282 e. The van der Waals surface area contributed by atoms with Crippen molar-refractivity contribution >= 4 is 23.0 Å². The quantitative estimate of drug-likeness (QED) is 0.370. The van der Waals surface area contributed by atoms with Crippen molar-refractivity contribution in [2.45, 2.75) is 46.0 Å². The fraction of sp³-hybridized carbons (Fsp3) is 0.448. The third-order valence-electron chi connectivity index (χ3n) is 8.30. The van der Waals surface area contributed by atoms with E-state index in [-0.39, 0.29) is 23.7 Å². The molecule has 1 saturated carbocycles. The molecule has 5 nitrogen and oxygen atoms in total. The van der Waals surface area contributed by atoms with Gasteiger partial charge in [-0.2, -0.15) is 0 Å². The van der Waals surface area contributed by atoms with E-state index >= 15 is 0 Å². The molecule has 8 heteroatoms. The molecule has 1 amide bonds. The monoisotopic (exact) mass is 523 g/mol. The summed E-state index contributed by atoms with van der Waals surface area (Å²) < 4.78 is 27.1. The van der Waals surface area contributed by atoms with Crippen LogP contribution in [0.2, 0.25) is 0 Å². The summed E-state index contributed by atoms with van der Waals surface area (Å²) in [4.78, 5) is 36.8. The second kappa shape index (κ2) is 10.4. The van der Waals surface area contributed by atoms with Crippen LogP contribution in [-0.2, 0) is 11.2 Å². The van der Waals surface area contributed by atoms with E-state index in [0.29, 0.717) is 41.4 Å². The molecule has 1 saturated heterocycles. The third kappa shape index (κ3) is 5.35. The number of nitrogens with zero attached hydrogens (tertiary/aromatic N) is 3. The predicted molar refractivity (Wildman–Crippen MR) is 139 cm³/mol. The number of halogens is 2. The lowest BCUT2D eigenvalue weighted by atomic mass is 9.60. The van der Waals surface area contributed by atoms with Gasteiger partial charge in [-0.15, -0.1) is 11.3 Å². The molecule has 0 N–H and O–H groups in total. The highest BCUT2D eigenvalue weighted by Gasteiger charge is 2.46. The second-order valence-electron chi connectivity index (χ2n) is 10.8. The van der Waals surface area contributed by atoms with Gasteiger partial charge in [-0.05, 0) is 67.7 Å². The van der Waals surface area contributed by atoms with Gasteiger partial charge in [-0.1, -0.05) is 19.9 Å².